The van der Waals surface area contributed by atoms with E-state index < -0.39 is 11.7 Å². The van der Waals surface area contributed by atoms with Crippen LogP contribution in [0.15, 0.2) is 64.9 Å². The van der Waals surface area contributed by atoms with Crippen LogP contribution >= 0.6 is 0 Å². The lowest BCUT2D eigenvalue weighted by atomic mass is 10.1. The average molecular weight is 401 g/mol. The highest BCUT2D eigenvalue weighted by molar-refractivity contribution is 5.98. The Bertz CT molecular complexity index is 893. The maximum Gasteiger partial charge on any atom is 0.256 e. The molecule has 1 rings (SSSR count). The molecule has 6 nitrogen and oxygen atoms in total. The number of nitrogens with zero attached hydrogens (tertiary/aromatic N) is 1. The first-order chi connectivity index (χ1) is 13.6. The summed E-state index contributed by atoms with van der Waals surface area (Å²) in [4.78, 5) is 25.1. The summed E-state index contributed by atoms with van der Waals surface area (Å²) in [5.41, 5.74) is 7.26. The number of benzene rings is 1. The lowest BCUT2D eigenvalue weighted by Gasteiger charge is -2.24. The van der Waals surface area contributed by atoms with Crippen LogP contribution in [-0.4, -0.2) is 31.2 Å². The second kappa shape index (κ2) is 10.8. The number of hydrogen-bond acceptors (Lipinski definition) is 5. The first-order valence-corrected chi connectivity index (χ1v) is 9.00. The molecule has 3 N–H and O–H groups in total. The molecule has 1 aromatic rings. The van der Waals surface area contributed by atoms with Crippen LogP contribution in [0, 0.1) is 12.7 Å². The van der Waals surface area contributed by atoms with Crippen molar-refractivity contribution in [3.8, 4) is 0 Å². The molecule has 0 spiro atoms. The summed E-state index contributed by atoms with van der Waals surface area (Å²) >= 11 is 0. The van der Waals surface area contributed by atoms with Gasteiger partial charge in [-0.25, -0.2) is 4.39 Å². The fourth-order valence-corrected chi connectivity index (χ4v) is 2.40. The summed E-state index contributed by atoms with van der Waals surface area (Å²) in [6.45, 7) is 7.24. The van der Waals surface area contributed by atoms with E-state index in [2.05, 4.69) is 5.32 Å². The van der Waals surface area contributed by atoms with Gasteiger partial charge in [-0.05, 0) is 57.0 Å². The molecule has 29 heavy (non-hydrogen) atoms. The second-order valence-electron chi connectivity index (χ2n) is 6.72. The predicted octanol–water partition coefficient (Wildman–Crippen LogP) is 3.77. The van der Waals surface area contributed by atoms with Crippen molar-refractivity contribution in [2.45, 2.75) is 27.7 Å². The number of rotatable bonds is 9. The molecule has 0 aliphatic heterocycles. The van der Waals surface area contributed by atoms with E-state index in [1.807, 2.05) is 20.8 Å². The largest absolute Gasteiger partial charge is 0.456 e. The summed E-state index contributed by atoms with van der Waals surface area (Å²) in [5.74, 6) is -0.740. The maximum absolute atomic E-state index is 14.4. The van der Waals surface area contributed by atoms with Gasteiger partial charge < -0.3 is 20.7 Å². The van der Waals surface area contributed by atoms with E-state index in [0.29, 0.717) is 12.0 Å². The Morgan fingerprint density at radius 2 is 1.93 bits per heavy atom. The molecule has 0 aromatic heterocycles. The molecular formula is C22H28FN3O3. The van der Waals surface area contributed by atoms with Crippen molar-refractivity contribution in [3.05, 3.63) is 76.3 Å². The number of aryl methyl sites for hydroxylation is 1. The van der Waals surface area contributed by atoms with Crippen LogP contribution in [0.5, 0.6) is 0 Å². The molecule has 0 saturated heterocycles. The molecule has 0 atom stereocenters. The van der Waals surface area contributed by atoms with Gasteiger partial charge in [0.15, 0.2) is 0 Å². The maximum atomic E-state index is 14.4. The van der Waals surface area contributed by atoms with Gasteiger partial charge in [0.05, 0.1) is 5.69 Å². The Kier molecular flexibility index (Phi) is 8.86. The molecule has 0 aliphatic carbocycles. The number of carbonyl (C=O) groups is 2. The zero-order chi connectivity index (χ0) is 22.1. The Hall–Kier alpha value is -3.35. The standard InChI is InChI=1S/C22H28FN3O3/c1-7-8-18(14(2)3)29-19(11-12-27)20(21(24)28)22(26(5)6)25-17-10-9-15(4)13-16(17)23/h7-13,25H,1-6H3,(H2,24,28)/b8-7-,19-11+,22-20+. The summed E-state index contributed by atoms with van der Waals surface area (Å²) in [6, 6.07) is 4.65. The fraction of sp³-hybridized carbons (Fsp3) is 0.273. The van der Waals surface area contributed by atoms with Crippen LogP contribution in [0.3, 0.4) is 0 Å². The highest BCUT2D eigenvalue weighted by Gasteiger charge is 2.23. The number of anilines is 1. The molecule has 1 amide bonds. The lowest BCUT2D eigenvalue weighted by molar-refractivity contribution is -0.114. The molecule has 1 aromatic carbocycles. The van der Waals surface area contributed by atoms with Crippen LogP contribution in [0.2, 0.25) is 0 Å². The van der Waals surface area contributed by atoms with Crippen molar-refractivity contribution in [3.63, 3.8) is 0 Å². The van der Waals surface area contributed by atoms with Gasteiger partial charge in [-0.2, -0.15) is 0 Å². The topological polar surface area (TPSA) is 84.7 Å². The van der Waals surface area contributed by atoms with E-state index in [4.69, 9.17) is 10.5 Å². The number of amides is 1. The van der Waals surface area contributed by atoms with Crippen molar-refractivity contribution in [2.24, 2.45) is 5.73 Å². The van der Waals surface area contributed by atoms with Crippen molar-refractivity contribution in [1.29, 1.82) is 0 Å². The molecule has 0 aliphatic rings. The van der Waals surface area contributed by atoms with Crippen LogP contribution in [0.25, 0.3) is 0 Å². The van der Waals surface area contributed by atoms with Crippen molar-refractivity contribution >= 4 is 17.9 Å². The van der Waals surface area contributed by atoms with Crippen molar-refractivity contribution < 1.29 is 18.7 Å². The average Bonchev–Trinajstić information content (AvgIpc) is 2.62. The van der Waals surface area contributed by atoms with Gasteiger partial charge in [0.2, 0.25) is 0 Å². The smallest absolute Gasteiger partial charge is 0.256 e. The third-order valence-electron chi connectivity index (χ3n) is 3.80. The molecule has 0 saturated carbocycles. The number of nitrogens with one attached hydrogen (secondary N) is 1. The number of allylic oxidation sites excluding steroid dienone is 4. The lowest BCUT2D eigenvalue weighted by Crippen LogP contribution is -2.28. The minimum atomic E-state index is -0.838. The van der Waals surface area contributed by atoms with E-state index >= 15 is 0 Å². The van der Waals surface area contributed by atoms with Gasteiger partial charge in [0.25, 0.3) is 5.91 Å². The predicted molar refractivity (Wildman–Crippen MR) is 113 cm³/mol. The normalized spacial score (nSPS) is 12.3. The van der Waals surface area contributed by atoms with Crippen LogP contribution in [0.4, 0.5) is 10.1 Å². The highest BCUT2D eigenvalue weighted by atomic mass is 19.1. The number of nitrogens with two attached hydrogens (primary N) is 1. The monoisotopic (exact) mass is 401 g/mol. The summed E-state index contributed by atoms with van der Waals surface area (Å²) in [6.07, 6.45) is 5.07. The van der Waals surface area contributed by atoms with Gasteiger partial charge in [0, 0.05) is 20.2 Å². The molecule has 0 unspecified atom stereocenters. The van der Waals surface area contributed by atoms with E-state index in [9.17, 15) is 14.0 Å². The third kappa shape index (κ3) is 6.64. The van der Waals surface area contributed by atoms with Crippen LogP contribution < -0.4 is 11.1 Å². The zero-order valence-electron chi connectivity index (χ0n) is 17.7. The third-order valence-corrected chi connectivity index (χ3v) is 3.80. The van der Waals surface area contributed by atoms with Crippen molar-refractivity contribution in [2.75, 3.05) is 19.4 Å². The van der Waals surface area contributed by atoms with Crippen molar-refractivity contribution in [1.82, 2.24) is 4.90 Å². The minimum absolute atomic E-state index is 0.0504. The number of hydrogen-bond donors (Lipinski definition) is 2. The van der Waals surface area contributed by atoms with Crippen LogP contribution in [0.1, 0.15) is 26.3 Å². The summed E-state index contributed by atoms with van der Waals surface area (Å²) < 4.78 is 20.2. The van der Waals surface area contributed by atoms with Gasteiger partial charge in [0.1, 0.15) is 35.0 Å². The summed E-state index contributed by atoms with van der Waals surface area (Å²) in [5, 5.41) is 2.89. The summed E-state index contributed by atoms with van der Waals surface area (Å²) in [7, 11) is 3.31. The molecule has 0 fully saturated rings. The fourth-order valence-electron chi connectivity index (χ4n) is 2.40. The first-order valence-electron chi connectivity index (χ1n) is 9.00. The zero-order valence-corrected chi connectivity index (χ0v) is 17.7. The van der Waals surface area contributed by atoms with E-state index in [-0.39, 0.29) is 22.8 Å². The van der Waals surface area contributed by atoms with E-state index in [1.165, 1.54) is 6.07 Å². The molecular weight excluding hydrogens is 373 g/mol. The number of carbonyl (C=O) groups excluding carboxylic acids is 2. The SMILES string of the molecule is C/C=C\C(OC(=C/C=O)/C(C(N)=O)=C(/Nc1ccc(C)cc1F)N(C)C)=C(C)C. The quantitative estimate of drug-likeness (QED) is 0.285. The number of primary amides is 1. The first kappa shape index (κ1) is 23.7. The number of halogens is 1. The van der Waals surface area contributed by atoms with Gasteiger partial charge in [-0.1, -0.05) is 12.1 Å². The highest BCUT2D eigenvalue weighted by Crippen LogP contribution is 2.25. The number of aldehydes is 1. The van der Waals surface area contributed by atoms with E-state index in [1.54, 1.807) is 50.2 Å². The molecule has 156 valence electrons. The van der Waals surface area contributed by atoms with Gasteiger partial charge >= 0.3 is 0 Å². The minimum Gasteiger partial charge on any atom is -0.456 e. The molecule has 0 bridgehead atoms. The Balaban J connectivity index is 3.63. The number of ether oxygens (including phenoxy) is 1. The van der Waals surface area contributed by atoms with Crippen LogP contribution in [-0.2, 0) is 14.3 Å². The molecule has 0 radical (unpaired) electrons. The Labute approximate surface area is 171 Å². The molecule has 0 heterocycles. The Morgan fingerprint density at radius 1 is 1.28 bits per heavy atom. The Morgan fingerprint density at radius 3 is 2.38 bits per heavy atom. The van der Waals surface area contributed by atoms with E-state index in [0.717, 1.165) is 17.2 Å². The molecule has 7 heteroatoms. The van der Waals surface area contributed by atoms with Gasteiger partial charge in [-0.15, -0.1) is 0 Å². The van der Waals surface area contributed by atoms with Gasteiger partial charge in [-0.3, -0.25) is 9.59 Å². The second-order valence-corrected chi connectivity index (χ2v) is 6.72.